The minimum absolute atomic E-state index is 0.00732. The van der Waals surface area contributed by atoms with Gasteiger partial charge in [-0.05, 0) is 42.8 Å². The third-order valence-corrected chi connectivity index (χ3v) is 5.05. The Kier molecular flexibility index (Phi) is 6.93. The van der Waals surface area contributed by atoms with Crippen LogP contribution >= 0.6 is 11.6 Å². The van der Waals surface area contributed by atoms with E-state index in [4.69, 9.17) is 21.5 Å². The van der Waals surface area contributed by atoms with Gasteiger partial charge in [-0.2, -0.15) is 13.2 Å². The number of hydrogen-bond acceptors (Lipinski definition) is 4. The smallest absolute Gasteiger partial charge is 0.475 e. The highest BCUT2D eigenvalue weighted by Gasteiger charge is 2.38. The number of amides is 1. The number of carboxylic acids is 1. The van der Waals surface area contributed by atoms with Crippen LogP contribution < -0.4 is 4.90 Å². The number of carbonyl (C=O) groups excluding carboxylic acids is 1. The van der Waals surface area contributed by atoms with Gasteiger partial charge in [0.25, 0.3) is 5.91 Å². The van der Waals surface area contributed by atoms with E-state index in [0.717, 1.165) is 35.0 Å². The van der Waals surface area contributed by atoms with Crippen LogP contribution in [0.3, 0.4) is 0 Å². The summed E-state index contributed by atoms with van der Waals surface area (Å²) >= 11 is 6.07. The Morgan fingerprint density at radius 2 is 1.75 bits per heavy atom. The van der Waals surface area contributed by atoms with E-state index in [2.05, 4.69) is 9.88 Å². The van der Waals surface area contributed by atoms with E-state index in [0.29, 0.717) is 18.8 Å². The topological polar surface area (TPSA) is 78.2 Å². The molecule has 0 bridgehead atoms. The van der Waals surface area contributed by atoms with Gasteiger partial charge >= 0.3 is 12.1 Å². The molecule has 0 saturated carbocycles. The first-order valence-electron chi connectivity index (χ1n) is 9.60. The predicted octanol–water partition coefficient (Wildman–Crippen LogP) is 3.89. The molecule has 32 heavy (non-hydrogen) atoms. The summed E-state index contributed by atoms with van der Waals surface area (Å²) in [7, 11) is 0. The Balaban J connectivity index is 0.000000360. The van der Waals surface area contributed by atoms with E-state index in [1.165, 1.54) is 0 Å². The largest absolute Gasteiger partial charge is 0.490 e. The number of anilines is 1. The number of carboxylic acid groups (broad SMARTS) is 1. The maximum absolute atomic E-state index is 12.8. The fourth-order valence-electron chi connectivity index (χ4n) is 3.19. The highest BCUT2D eigenvalue weighted by atomic mass is 35.5. The number of imidazole rings is 1. The number of alkyl halides is 3. The van der Waals surface area contributed by atoms with Crippen LogP contribution in [0.1, 0.15) is 16.1 Å². The Bertz CT molecular complexity index is 1120. The summed E-state index contributed by atoms with van der Waals surface area (Å²) in [6, 6.07) is 11.8. The molecule has 11 heteroatoms. The van der Waals surface area contributed by atoms with Crippen molar-refractivity contribution in [3.05, 3.63) is 65.1 Å². The number of benzene rings is 1. The lowest BCUT2D eigenvalue weighted by Gasteiger charge is -2.35. The second kappa shape index (κ2) is 9.47. The molecule has 1 amide bonds. The van der Waals surface area contributed by atoms with Gasteiger partial charge in [0.15, 0.2) is 0 Å². The van der Waals surface area contributed by atoms with Gasteiger partial charge in [0.05, 0.1) is 0 Å². The first kappa shape index (κ1) is 23.4. The first-order valence-corrected chi connectivity index (χ1v) is 9.97. The zero-order chi connectivity index (χ0) is 23.5. The number of halogens is 4. The van der Waals surface area contributed by atoms with Crippen molar-refractivity contribution in [1.82, 2.24) is 14.3 Å². The molecule has 170 valence electrons. The van der Waals surface area contributed by atoms with Crippen LogP contribution in [0.5, 0.6) is 0 Å². The summed E-state index contributed by atoms with van der Waals surface area (Å²) in [5, 5.41) is 7.86. The number of aromatic nitrogens is 2. The highest BCUT2D eigenvalue weighted by Crippen LogP contribution is 2.21. The fraction of sp³-hybridized carbons (Fsp3) is 0.286. The SMILES string of the molecule is Cc1ccn2cc(C(=O)N3CCN(c4cccc(Cl)c4)CC3)nc2c1.O=C(O)C(F)(F)F. The predicted molar refractivity (Wildman–Crippen MR) is 113 cm³/mol. The van der Waals surface area contributed by atoms with Crippen LogP contribution in [-0.4, -0.2) is 63.6 Å². The van der Waals surface area contributed by atoms with E-state index in [9.17, 15) is 18.0 Å². The van der Waals surface area contributed by atoms with Crippen LogP contribution in [0.4, 0.5) is 18.9 Å². The van der Waals surface area contributed by atoms with Gasteiger partial charge in [-0.3, -0.25) is 4.79 Å². The average Bonchev–Trinajstić information content (AvgIpc) is 3.16. The third-order valence-electron chi connectivity index (χ3n) is 4.82. The van der Waals surface area contributed by atoms with Gasteiger partial charge < -0.3 is 19.3 Å². The number of nitrogens with zero attached hydrogens (tertiary/aromatic N) is 4. The first-order chi connectivity index (χ1) is 15.0. The van der Waals surface area contributed by atoms with E-state index < -0.39 is 12.1 Å². The number of pyridine rings is 1. The van der Waals surface area contributed by atoms with Gasteiger partial charge in [-0.15, -0.1) is 0 Å². The van der Waals surface area contributed by atoms with E-state index in [1.807, 2.05) is 58.8 Å². The molecule has 1 aliphatic heterocycles. The van der Waals surface area contributed by atoms with Gasteiger partial charge in [-0.1, -0.05) is 17.7 Å². The van der Waals surface area contributed by atoms with Crippen molar-refractivity contribution in [2.75, 3.05) is 31.1 Å². The molecule has 1 N–H and O–H groups in total. The molecule has 0 spiro atoms. The molecular formula is C21H20ClF3N4O3. The van der Waals surface area contributed by atoms with Crippen LogP contribution in [0.15, 0.2) is 48.8 Å². The second-order valence-corrected chi connectivity index (χ2v) is 7.59. The Morgan fingerprint density at radius 3 is 2.34 bits per heavy atom. The summed E-state index contributed by atoms with van der Waals surface area (Å²) in [5.74, 6) is -2.76. The van der Waals surface area contributed by atoms with Gasteiger partial charge in [0.1, 0.15) is 11.3 Å². The second-order valence-electron chi connectivity index (χ2n) is 7.16. The third kappa shape index (κ3) is 5.70. The maximum Gasteiger partial charge on any atom is 0.490 e. The molecule has 1 aromatic carbocycles. The lowest BCUT2D eigenvalue weighted by Crippen LogP contribution is -2.48. The van der Waals surface area contributed by atoms with Crippen LogP contribution in [0.25, 0.3) is 5.65 Å². The molecule has 7 nitrogen and oxygen atoms in total. The van der Waals surface area contributed by atoms with Crippen molar-refractivity contribution in [1.29, 1.82) is 0 Å². The summed E-state index contributed by atoms with van der Waals surface area (Å²) in [4.78, 5) is 30.3. The van der Waals surface area contributed by atoms with Crippen molar-refractivity contribution < 1.29 is 27.9 Å². The lowest BCUT2D eigenvalue weighted by atomic mass is 10.2. The number of aliphatic carboxylic acids is 1. The van der Waals surface area contributed by atoms with E-state index >= 15 is 0 Å². The number of hydrogen-bond donors (Lipinski definition) is 1. The summed E-state index contributed by atoms with van der Waals surface area (Å²) < 4.78 is 33.6. The van der Waals surface area contributed by atoms with Crippen molar-refractivity contribution in [2.45, 2.75) is 13.1 Å². The molecule has 2 aromatic heterocycles. The van der Waals surface area contributed by atoms with Crippen molar-refractivity contribution in [3.63, 3.8) is 0 Å². The Morgan fingerprint density at radius 1 is 1.09 bits per heavy atom. The number of piperazine rings is 1. The monoisotopic (exact) mass is 468 g/mol. The molecule has 0 radical (unpaired) electrons. The van der Waals surface area contributed by atoms with Gasteiger partial charge in [0, 0.05) is 49.3 Å². The summed E-state index contributed by atoms with van der Waals surface area (Å²) in [6.07, 6.45) is -1.34. The molecule has 0 unspecified atom stereocenters. The molecule has 3 aromatic rings. The summed E-state index contributed by atoms with van der Waals surface area (Å²) in [5.41, 5.74) is 3.54. The Labute approximate surface area is 186 Å². The molecule has 3 heterocycles. The molecular weight excluding hydrogens is 449 g/mol. The molecule has 0 aliphatic carbocycles. The quantitative estimate of drug-likeness (QED) is 0.617. The van der Waals surface area contributed by atoms with Gasteiger partial charge in [-0.25, -0.2) is 9.78 Å². The number of rotatable bonds is 2. The molecule has 1 saturated heterocycles. The molecule has 4 rings (SSSR count). The summed E-state index contributed by atoms with van der Waals surface area (Å²) in [6.45, 7) is 4.96. The van der Waals surface area contributed by atoms with Crippen molar-refractivity contribution in [2.24, 2.45) is 0 Å². The van der Waals surface area contributed by atoms with E-state index in [-0.39, 0.29) is 5.91 Å². The maximum atomic E-state index is 12.8. The number of aryl methyl sites for hydroxylation is 1. The standard InChI is InChI=1S/C19H19ClN4O.C2HF3O2/c1-14-5-6-24-13-17(21-18(24)11-14)19(25)23-9-7-22(8-10-23)16-4-2-3-15(20)12-16;3-2(4,5)1(6)7/h2-6,11-13H,7-10H2,1H3;(H,6,7). The van der Waals surface area contributed by atoms with Crippen LogP contribution in [0.2, 0.25) is 5.02 Å². The highest BCUT2D eigenvalue weighted by molar-refractivity contribution is 6.30. The minimum atomic E-state index is -5.08. The van der Waals surface area contributed by atoms with E-state index in [1.54, 1.807) is 6.20 Å². The zero-order valence-electron chi connectivity index (χ0n) is 17.0. The number of fused-ring (bicyclic) bond motifs is 1. The fourth-order valence-corrected chi connectivity index (χ4v) is 3.37. The van der Waals surface area contributed by atoms with Crippen LogP contribution in [0, 0.1) is 6.92 Å². The molecule has 1 aliphatic rings. The van der Waals surface area contributed by atoms with Gasteiger partial charge in [0.2, 0.25) is 0 Å². The lowest BCUT2D eigenvalue weighted by molar-refractivity contribution is -0.192. The minimum Gasteiger partial charge on any atom is -0.475 e. The Hall–Kier alpha value is -3.27. The average molecular weight is 469 g/mol. The normalized spacial score (nSPS) is 14.2. The molecule has 1 fully saturated rings. The van der Waals surface area contributed by atoms with Crippen LogP contribution in [-0.2, 0) is 4.79 Å². The molecule has 0 atom stereocenters. The van der Waals surface area contributed by atoms with Crippen molar-refractivity contribution >= 4 is 34.8 Å². The van der Waals surface area contributed by atoms with Crippen molar-refractivity contribution in [3.8, 4) is 0 Å². The number of carbonyl (C=O) groups is 2. The zero-order valence-corrected chi connectivity index (χ0v) is 17.8.